The van der Waals surface area contributed by atoms with Crippen molar-refractivity contribution < 1.29 is 13.2 Å². The smallest absolute Gasteiger partial charge is 0.281 e. The Morgan fingerprint density at radius 1 is 1.24 bits per heavy atom. The molecular weight excluding hydrogens is 490 g/mol. The summed E-state index contributed by atoms with van der Waals surface area (Å²) in [5.41, 5.74) is 4.46. The van der Waals surface area contributed by atoms with Crippen molar-refractivity contribution in [2.75, 3.05) is 53.4 Å². The van der Waals surface area contributed by atoms with Crippen molar-refractivity contribution in [2.45, 2.75) is 31.4 Å². The topological polar surface area (TPSA) is 112 Å². The zero-order valence-electron chi connectivity index (χ0n) is 21.6. The van der Waals surface area contributed by atoms with E-state index in [1.807, 2.05) is 18.2 Å². The zero-order chi connectivity index (χ0) is 26.3. The van der Waals surface area contributed by atoms with E-state index in [2.05, 4.69) is 44.4 Å². The molecule has 1 aromatic heterocycles. The van der Waals surface area contributed by atoms with Gasteiger partial charge in [0.05, 0.1) is 29.8 Å². The lowest BCUT2D eigenvalue weighted by atomic mass is 9.89. The lowest BCUT2D eigenvalue weighted by molar-refractivity contribution is 0.0290. The molecule has 0 aliphatic carbocycles. The summed E-state index contributed by atoms with van der Waals surface area (Å²) in [6, 6.07) is 8.29. The number of nitrogens with zero attached hydrogens (tertiary/aromatic N) is 5. The fourth-order valence-electron chi connectivity index (χ4n) is 4.66. The van der Waals surface area contributed by atoms with E-state index in [4.69, 9.17) is 4.74 Å². The maximum atomic E-state index is 12.4. The van der Waals surface area contributed by atoms with Crippen LogP contribution in [0.3, 0.4) is 0 Å². The SMILES string of the molecule is C=N/C(=C\c1nccnc1CNC[C@@H]1CNCCO1)c1ccc(C2CCN(S(=O)(=O)N(C)C)CC2)cc1. The number of morpholine rings is 1. The number of benzene rings is 1. The molecule has 0 radical (unpaired) electrons. The number of ether oxygens (including phenoxy) is 1. The minimum atomic E-state index is -3.36. The fourth-order valence-corrected chi connectivity index (χ4v) is 5.80. The van der Waals surface area contributed by atoms with E-state index in [0.717, 1.165) is 61.7 Å². The Labute approximate surface area is 220 Å². The molecule has 0 bridgehead atoms. The summed E-state index contributed by atoms with van der Waals surface area (Å²) in [5.74, 6) is 0.327. The van der Waals surface area contributed by atoms with E-state index in [-0.39, 0.29) is 6.10 Å². The van der Waals surface area contributed by atoms with Crippen LogP contribution in [0, 0.1) is 0 Å². The third-order valence-corrected chi connectivity index (χ3v) is 8.78. The Morgan fingerprint density at radius 2 is 1.97 bits per heavy atom. The van der Waals surface area contributed by atoms with E-state index in [9.17, 15) is 8.42 Å². The number of aromatic nitrogens is 2. The molecule has 2 saturated heterocycles. The van der Waals surface area contributed by atoms with Gasteiger partial charge in [-0.2, -0.15) is 17.0 Å². The standard InChI is InChI=1S/C26H37N7O3S/c1-27-24(16-25-26(31-11-10-30-25)19-29-18-23-17-28-12-15-36-23)22-6-4-20(5-7-22)21-8-13-33(14-9-21)37(34,35)32(2)3/h4-7,10-11,16,21,23,28-29H,1,8-9,12-15,17-19H2,2-3H3/b24-16-/t23-/m0/s1. The van der Waals surface area contributed by atoms with Crippen LogP contribution >= 0.6 is 0 Å². The Bertz CT molecular complexity index is 1170. The molecule has 0 saturated carbocycles. The highest BCUT2D eigenvalue weighted by Crippen LogP contribution is 2.31. The molecule has 2 aliphatic rings. The molecule has 10 nitrogen and oxygen atoms in total. The van der Waals surface area contributed by atoms with Crippen LogP contribution in [0.2, 0.25) is 0 Å². The van der Waals surface area contributed by atoms with E-state index >= 15 is 0 Å². The monoisotopic (exact) mass is 527 g/mol. The molecule has 1 aromatic carbocycles. The highest BCUT2D eigenvalue weighted by Gasteiger charge is 2.30. The van der Waals surface area contributed by atoms with Gasteiger partial charge in [0.1, 0.15) is 0 Å². The van der Waals surface area contributed by atoms with Gasteiger partial charge in [0.25, 0.3) is 10.2 Å². The van der Waals surface area contributed by atoms with Crippen molar-refractivity contribution in [3.05, 3.63) is 59.2 Å². The summed E-state index contributed by atoms with van der Waals surface area (Å²) in [7, 11) is -0.211. The Hall–Kier alpha value is -2.54. The number of hydrogen-bond donors (Lipinski definition) is 2. The van der Waals surface area contributed by atoms with Crippen LogP contribution in [0.4, 0.5) is 0 Å². The predicted octanol–water partition coefficient (Wildman–Crippen LogP) is 1.74. The lowest BCUT2D eigenvalue weighted by Crippen LogP contribution is -2.44. The first-order valence-electron chi connectivity index (χ1n) is 12.7. The van der Waals surface area contributed by atoms with Gasteiger partial charge in [-0.3, -0.25) is 15.0 Å². The molecule has 0 amide bonds. The van der Waals surface area contributed by atoms with Gasteiger partial charge in [0, 0.05) is 71.3 Å². The summed E-state index contributed by atoms with van der Waals surface area (Å²) >= 11 is 0. The highest BCUT2D eigenvalue weighted by molar-refractivity contribution is 7.86. The number of rotatable bonds is 10. The Kier molecular flexibility index (Phi) is 9.52. The molecule has 3 heterocycles. The second-order valence-corrected chi connectivity index (χ2v) is 11.6. The minimum Gasteiger partial charge on any atom is -0.374 e. The number of aliphatic imine (C=N–C) groups is 1. The Morgan fingerprint density at radius 3 is 2.62 bits per heavy atom. The average molecular weight is 528 g/mol. The van der Waals surface area contributed by atoms with Gasteiger partial charge in [-0.15, -0.1) is 0 Å². The van der Waals surface area contributed by atoms with Crippen LogP contribution in [0.25, 0.3) is 11.8 Å². The summed E-state index contributed by atoms with van der Waals surface area (Å²) in [6.45, 7) is 8.61. The van der Waals surface area contributed by atoms with Crippen molar-refractivity contribution in [1.82, 2.24) is 29.2 Å². The third kappa shape index (κ3) is 7.07. The number of nitrogens with one attached hydrogen (secondary N) is 2. The largest absolute Gasteiger partial charge is 0.374 e. The summed E-state index contributed by atoms with van der Waals surface area (Å²) in [4.78, 5) is 13.3. The molecule has 4 rings (SSSR count). The molecule has 200 valence electrons. The van der Waals surface area contributed by atoms with Crippen molar-refractivity contribution in [2.24, 2.45) is 4.99 Å². The summed E-state index contributed by atoms with van der Waals surface area (Å²) in [6.07, 6.45) is 7.03. The minimum absolute atomic E-state index is 0.151. The van der Waals surface area contributed by atoms with E-state index in [1.165, 1.54) is 9.87 Å². The highest BCUT2D eigenvalue weighted by atomic mass is 32.2. The van der Waals surface area contributed by atoms with Crippen LogP contribution < -0.4 is 10.6 Å². The van der Waals surface area contributed by atoms with Gasteiger partial charge in [-0.25, -0.2) is 0 Å². The lowest BCUT2D eigenvalue weighted by Gasteiger charge is -2.33. The van der Waals surface area contributed by atoms with Crippen LogP contribution in [-0.2, 0) is 21.5 Å². The quantitative estimate of drug-likeness (QED) is 0.453. The van der Waals surface area contributed by atoms with Crippen molar-refractivity contribution >= 4 is 28.7 Å². The molecule has 1 atom stereocenters. The fraction of sp³-hybridized carbons (Fsp3) is 0.500. The average Bonchev–Trinajstić information content (AvgIpc) is 2.93. The van der Waals surface area contributed by atoms with E-state index in [1.54, 1.807) is 30.8 Å². The maximum Gasteiger partial charge on any atom is 0.281 e. The summed E-state index contributed by atoms with van der Waals surface area (Å²) < 4.78 is 33.4. The van der Waals surface area contributed by atoms with Crippen LogP contribution in [-0.4, -0.2) is 93.2 Å². The maximum absolute atomic E-state index is 12.4. The van der Waals surface area contributed by atoms with Crippen molar-refractivity contribution in [1.29, 1.82) is 0 Å². The van der Waals surface area contributed by atoms with Gasteiger partial charge in [0.15, 0.2) is 0 Å². The molecule has 2 aromatic rings. The normalized spacial score (nSPS) is 20.3. The number of hydrogen-bond acceptors (Lipinski definition) is 8. The Balaban J connectivity index is 1.40. The second kappa shape index (κ2) is 12.8. The van der Waals surface area contributed by atoms with Crippen molar-refractivity contribution in [3.8, 4) is 0 Å². The van der Waals surface area contributed by atoms with Crippen LogP contribution in [0.1, 0.15) is 41.3 Å². The molecule has 2 N–H and O–H groups in total. The van der Waals surface area contributed by atoms with Crippen molar-refractivity contribution in [3.63, 3.8) is 0 Å². The van der Waals surface area contributed by atoms with Gasteiger partial charge < -0.3 is 15.4 Å². The first kappa shape index (κ1) is 27.5. The second-order valence-electron chi connectivity index (χ2n) is 9.49. The number of piperidine rings is 1. The molecule has 2 aliphatic heterocycles. The van der Waals surface area contributed by atoms with E-state index < -0.39 is 10.2 Å². The first-order valence-corrected chi connectivity index (χ1v) is 14.1. The third-order valence-electron chi connectivity index (χ3n) is 6.84. The summed E-state index contributed by atoms with van der Waals surface area (Å²) in [5, 5.41) is 6.75. The first-order chi connectivity index (χ1) is 17.9. The molecule has 0 spiro atoms. The zero-order valence-corrected chi connectivity index (χ0v) is 22.5. The molecular formula is C26H37N7O3S. The molecule has 0 unspecified atom stereocenters. The molecule has 37 heavy (non-hydrogen) atoms. The van der Waals surface area contributed by atoms with Gasteiger partial charge >= 0.3 is 0 Å². The van der Waals surface area contributed by atoms with Gasteiger partial charge in [-0.05, 0) is 37.1 Å². The van der Waals surface area contributed by atoms with Crippen LogP contribution in [0.5, 0.6) is 0 Å². The predicted molar refractivity (Wildman–Crippen MR) is 146 cm³/mol. The van der Waals surface area contributed by atoms with E-state index in [0.29, 0.717) is 25.6 Å². The molecule has 11 heteroatoms. The molecule has 2 fully saturated rings. The van der Waals surface area contributed by atoms with Gasteiger partial charge in [-0.1, -0.05) is 24.3 Å². The van der Waals surface area contributed by atoms with Gasteiger partial charge in [0.2, 0.25) is 0 Å². The van der Waals surface area contributed by atoms with Crippen LogP contribution in [0.15, 0.2) is 41.7 Å².